The summed E-state index contributed by atoms with van der Waals surface area (Å²) < 4.78 is 13.8. The molecular weight excluding hydrogens is 360 g/mol. The molecule has 5 heteroatoms. The summed E-state index contributed by atoms with van der Waals surface area (Å²) in [6.45, 7) is 1.86. The van der Waals surface area contributed by atoms with E-state index in [0.29, 0.717) is 5.56 Å². The Labute approximate surface area is 124 Å². The summed E-state index contributed by atoms with van der Waals surface area (Å²) in [6.07, 6.45) is 0. The lowest BCUT2D eigenvalue weighted by Crippen LogP contribution is -2.08. The van der Waals surface area contributed by atoms with Crippen LogP contribution in [0.3, 0.4) is 0 Å². The van der Waals surface area contributed by atoms with Gasteiger partial charge in [0.1, 0.15) is 17.3 Å². The van der Waals surface area contributed by atoms with Crippen LogP contribution in [0.15, 0.2) is 36.4 Å². The molecule has 3 N–H and O–H groups in total. The Morgan fingerprint density at radius 1 is 1.16 bits per heavy atom. The third-order valence-corrected chi connectivity index (χ3v) is 3.67. The number of halogens is 2. The highest BCUT2D eigenvalue weighted by atomic mass is 127. The fourth-order valence-electron chi connectivity index (χ4n) is 1.81. The Balaban J connectivity index is 2.25. The van der Waals surface area contributed by atoms with Crippen LogP contribution in [0.25, 0.3) is 0 Å². The molecule has 2 aromatic carbocycles. The summed E-state index contributed by atoms with van der Waals surface area (Å²) in [5.41, 5.74) is 1.36. The minimum Gasteiger partial charge on any atom is -0.508 e. The lowest BCUT2D eigenvalue weighted by Gasteiger charge is -2.18. The van der Waals surface area contributed by atoms with Gasteiger partial charge in [-0.15, -0.1) is 0 Å². The fraction of sp³-hybridized carbons (Fsp3) is 0.143. The zero-order valence-corrected chi connectivity index (χ0v) is 12.3. The van der Waals surface area contributed by atoms with Gasteiger partial charge in [-0.05, 0) is 65.9 Å². The average Bonchev–Trinajstić information content (AvgIpc) is 2.35. The van der Waals surface area contributed by atoms with E-state index in [2.05, 4.69) is 5.32 Å². The molecule has 0 saturated carbocycles. The molecule has 0 amide bonds. The van der Waals surface area contributed by atoms with Gasteiger partial charge in [0.05, 0.1) is 6.04 Å². The van der Waals surface area contributed by atoms with E-state index in [-0.39, 0.29) is 23.4 Å². The molecule has 0 bridgehead atoms. The topological polar surface area (TPSA) is 52.5 Å². The normalized spacial score (nSPS) is 12.2. The van der Waals surface area contributed by atoms with Crippen molar-refractivity contribution in [1.82, 2.24) is 0 Å². The number of phenolic OH excluding ortho intramolecular Hbond substituents is 2. The lowest BCUT2D eigenvalue weighted by atomic mass is 10.1. The van der Waals surface area contributed by atoms with Gasteiger partial charge in [-0.3, -0.25) is 0 Å². The first-order valence-electron chi connectivity index (χ1n) is 5.71. The minimum absolute atomic E-state index is 0.0928. The largest absolute Gasteiger partial charge is 0.508 e. The monoisotopic (exact) mass is 373 g/mol. The van der Waals surface area contributed by atoms with Crippen molar-refractivity contribution in [1.29, 1.82) is 0 Å². The van der Waals surface area contributed by atoms with Crippen LogP contribution in [0.4, 0.5) is 10.1 Å². The van der Waals surface area contributed by atoms with E-state index in [4.69, 9.17) is 0 Å². The van der Waals surface area contributed by atoms with Gasteiger partial charge in [0.15, 0.2) is 0 Å². The van der Waals surface area contributed by atoms with Crippen LogP contribution >= 0.6 is 22.6 Å². The summed E-state index contributed by atoms with van der Waals surface area (Å²) in [5.74, 6) is -0.0898. The third-order valence-electron chi connectivity index (χ3n) is 2.78. The van der Waals surface area contributed by atoms with Crippen LogP contribution < -0.4 is 5.32 Å². The summed E-state index contributed by atoms with van der Waals surface area (Å²) in [6, 6.07) is 8.60. The highest BCUT2D eigenvalue weighted by molar-refractivity contribution is 14.1. The number of hydrogen-bond acceptors (Lipinski definition) is 3. The van der Waals surface area contributed by atoms with E-state index >= 15 is 0 Å². The summed E-state index contributed by atoms with van der Waals surface area (Å²) in [7, 11) is 0. The van der Waals surface area contributed by atoms with Crippen molar-refractivity contribution in [2.45, 2.75) is 13.0 Å². The second-order valence-electron chi connectivity index (χ2n) is 4.23. The van der Waals surface area contributed by atoms with Gasteiger partial charge in [-0.25, -0.2) is 4.39 Å². The molecule has 2 aromatic rings. The first kappa shape index (κ1) is 13.9. The molecule has 0 heterocycles. The molecule has 1 atom stereocenters. The van der Waals surface area contributed by atoms with Crippen LogP contribution in [-0.2, 0) is 0 Å². The van der Waals surface area contributed by atoms with Crippen LogP contribution in [0.2, 0.25) is 0 Å². The Hall–Kier alpha value is -1.50. The maximum absolute atomic E-state index is 13.0. The van der Waals surface area contributed by atoms with Crippen LogP contribution in [0, 0.1) is 9.39 Å². The Morgan fingerprint density at radius 2 is 1.89 bits per heavy atom. The summed E-state index contributed by atoms with van der Waals surface area (Å²) in [4.78, 5) is 0. The maximum atomic E-state index is 13.0. The zero-order chi connectivity index (χ0) is 14.0. The first-order valence-corrected chi connectivity index (χ1v) is 6.78. The second-order valence-corrected chi connectivity index (χ2v) is 5.40. The smallest absolute Gasteiger partial charge is 0.124 e. The number of aromatic hydroxyl groups is 2. The number of phenols is 2. The van der Waals surface area contributed by atoms with Crippen LogP contribution in [0.5, 0.6) is 11.5 Å². The van der Waals surface area contributed by atoms with Crippen LogP contribution in [-0.4, -0.2) is 10.2 Å². The highest BCUT2D eigenvalue weighted by Gasteiger charge is 2.12. The molecule has 0 spiro atoms. The quantitative estimate of drug-likeness (QED) is 0.563. The zero-order valence-electron chi connectivity index (χ0n) is 10.2. The lowest BCUT2D eigenvalue weighted by molar-refractivity contribution is 0.451. The number of benzene rings is 2. The van der Waals surface area contributed by atoms with Gasteiger partial charge >= 0.3 is 0 Å². The van der Waals surface area contributed by atoms with E-state index < -0.39 is 0 Å². The molecular formula is C14H13FINO2. The number of anilines is 1. The van der Waals surface area contributed by atoms with Crippen molar-refractivity contribution in [3.63, 3.8) is 0 Å². The summed E-state index contributed by atoms with van der Waals surface area (Å²) >= 11 is 2.04. The van der Waals surface area contributed by atoms with Crippen molar-refractivity contribution >= 4 is 28.3 Å². The van der Waals surface area contributed by atoms with Crippen molar-refractivity contribution in [3.8, 4) is 11.5 Å². The average molecular weight is 373 g/mol. The molecule has 0 aliphatic carbocycles. The SMILES string of the molecule is CC(Nc1ccc(F)cc1I)c1cc(O)ccc1O. The van der Waals surface area contributed by atoms with Crippen molar-refractivity contribution < 1.29 is 14.6 Å². The van der Waals surface area contributed by atoms with E-state index in [1.54, 1.807) is 6.07 Å². The van der Waals surface area contributed by atoms with E-state index in [0.717, 1.165) is 9.26 Å². The van der Waals surface area contributed by atoms with Gasteiger partial charge in [0.2, 0.25) is 0 Å². The molecule has 19 heavy (non-hydrogen) atoms. The molecule has 0 saturated heterocycles. The van der Waals surface area contributed by atoms with E-state index in [1.807, 2.05) is 29.5 Å². The third kappa shape index (κ3) is 3.28. The van der Waals surface area contributed by atoms with Crippen molar-refractivity contribution in [2.75, 3.05) is 5.32 Å². The molecule has 0 fully saturated rings. The molecule has 0 aliphatic rings. The number of hydrogen-bond donors (Lipinski definition) is 3. The summed E-state index contributed by atoms with van der Waals surface area (Å²) in [5, 5.41) is 22.4. The molecule has 2 rings (SSSR count). The van der Waals surface area contributed by atoms with E-state index in [1.165, 1.54) is 30.3 Å². The fourth-order valence-corrected chi connectivity index (χ4v) is 2.44. The predicted molar refractivity (Wildman–Crippen MR) is 80.9 cm³/mol. The number of rotatable bonds is 3. The van der Waals surface area contributed by atoms with Gasteiger partial charge in [0.25, 0.3) is 0 Å². The molecule has 0 radical (unpaired) electrons. The predicted octanol–water partition coefficient (Wildman–Crippen LogP) is 4.01. The molecule has 100 valence electrons. The van der Waals surface area contributed by atoms with Crippen molar-refractivity contribution in [3.05, 3.63) is 51.3 Å². The van der Waals surface area contributed by atoms with Crippen LogP contribution in [0.1, 0.15) is 18.5 Å². The van der Waals surface area contributed by atoms with Gasteiger partial charge in [0, 0.05) is 14.8 Å². The second kappa shape index (κ2) is 5.64. The maximum Gasteiger partial charge on any atom is 0.124 e. The standard InChI is InChI=1S/C14H13FINO2/c1-8(11-7-10(18)3-5-14(11)19)17-13-4-2-9(15)6-12(13)16/h2-8,17-19H,1H3. The van der Waals surface area contributed by atoms with Gasteiger partial charge in [-0.2, -0.15) is 0 Å². The van der Waals surface area contributed by atoms with E-state index in [9.17, 15) is 14.6 Å². The Bertz CT molecular complexity index is 604. The molecule has 3 nitrogen and oxygen atoms in total. The first-order chi connectivity index (χ1) is 8.97. The molecule has 0 aliphatic heterocycles. The van der Waals surface area contributed by atoms with Crippen molar-refractivity contribution in [2.24, 2.45) is 0 Å². The minimum atomic E-state index is -0.289. The molecule has 1 unspecified atom stereocenters. The highest BCUT2D eigenvalue weighted by Crippen LogP contribution is 2.31. The van der Waals surface area contributed by atoms with Gasteiger partial charge in [-0.1, -0.05) is 0 Å². The Kier molecular flexibility index (Phi) is 4.14. The molecule has 0 aromatic heterocycles. The Morgan fingerprint density at radius 3 is 2.58 bits per heavy atom. The van der Waals surface area contributed by atoms with Gasteiger partial charge < -0.3 is 15.5 Å². The number of nitrogens with one attached hydrogen (secondary N) is 1.